The van der Waals surface area contributed by atoms with Crippen LogP contribution in [0.4, 0.5) is 0 Å². The summed E-state index contributed by atoms with van der Waals surface area (Å²) in [6.07, 6.45) is 0.544. The summed E-state index contributed by atoms with van der Waals surface area (Å²) in [5.74, 6) is 0. The molecule has 5 nitrogen and oxygen atoms in total. The van der Waals surface area contributed by atoms with Crippen LogP contribution < -0.4 is 5.43 Å². The van der Waals surface area contributed by atoms with Crippen molar-refractivity contribution in [3.8, 4) is 18.2 Å². The first kappa shape index (κ1) is 15.4. The highest BCUT2D eigenvalue weighted by atomic mass is 35.5. The fraction of sp³-hybridized carbons (Fsp3) is 0.545. The second kappa shape index (κ2) is 5.66. The zero-order chi connectivity index (χ0) is 12.3. The highest BCUT2D eigenvalue weighted by Gasteiger charge is 2.49. The van der Waals surface area contributed by atoms with Gasteiger partial charge in [-0.25, -0.2) is 5.43 Å². The van der Waals surface area contributed by atoms with Gasteiger partial charge >= 0.3 is 0 Å². The molecule has 6 heteroatoms. The second-order valence-electron chi connectivity index (χ2n) is 4.08. The summed E-state index contributed by atoms with van der Waals surface area (Å²) >= 11 is 0. The van der Waals surface area contributed by atoms with Gasteiger partial charge in [-0.3, -0.25) is 5.01 Å². The molecule has 1 unspecified atom stereocenters. The number of rotatable bonds is 2. The lowest BCUT2D eigenvalue weighted by Crippen LogP contribution is -2.47. The summed E-state index contributed by atoms with van der Waals surface area (Å²) in [5.41, 5.74) is 2.77. The molecule has 1 N–H and O–H groups in total. The lowest BCUT2D eigenvalue weighted by atomic mass is 9.81. The fourth-order valence-electron chi connectivity index (χ4n) is 2.00. The molecule has 0 spiro atoms. The zero-order valence-corrected chi connectivity index (χ0v) is 10.8. The third-order valence-corrected chi connectivity index (χ3v) is 2.73. The molecule has 0 aliphatic heterocycles. The van der Waals surface area contributed by atoms with E-state index in [0.717, 1.165) is 5.57 Å². The molecule has 0 aromatic heterocycles. The van der Waals surface area contributed by atoms with Crippen LogP contribution >= 0.6 is 12.4 Å². The molecular weight excluding hydrogens is 238 g/mol. The number of hydrazine groups is 1. The third kappa shape index (κ3) is 2.40. The van der Waals surface area contributed by atoms with Gasteiger partial charge in [-0.05, 0) is 13.3 Å². The number of hydrogen-bond donors (Lipinski definition) is 1. The second-order valence-corrected chi connectivity index (χ2v) is 4.08. The smallest absolute Gasteiger partial charge is 0.195 e. The highest BCUT2D eigenvalue weighted by Crippen LogP contribution is 2.41. The molecule has 90 valence electrons. The zero-order valence-electron chi connectivity index (χ0n) is 9.98. The Hall–Kier alpha value is -1.58. The Bertz CT molecular complexity index is 432. The third-order valence-electron chi connectivity index (χ3n) is 2.73. The number of hydrogen-bond acceptors (Lipinski definition) is 5. The minimum Gasteiger partial charge on any atom is -0.250 e. The van der Waals surface area contributed by atoms with Crippen LogP contribution in [0.1, 0.15) is 13.3 Å². The Morgan fingerprint density at radius 2 is 1.82 bits per heavy atom. The highest BCUT2D eigenvalue weighted by molar-refractivity contribution is 5.85. The van der Waals surface area contributed by atoms with Crippen LogP contribution in [0.15, 0.2) is 11.1 Å². The Kier molecular flexibility index (Phi) is 5.13. The first-order chi connectivity index (χ1) is 7.51. The number of nitrogens with one attached hydrogen (secondary N) is 1. The predicted molar refractivity (Wildman–Crippen MR) is 64.4 cm³/mol. The minimum atomic E-state index is -1.36. The SMILES string of the molecule is CC1=C(C#N)C(C#N)(C#N)C(NN(C)C)C1.Cl. The largest absolute Gasteiger partial charge is 0.250 e. The van der Waals surface area contributed by atoms with Crippen LogP contribution in [-0.4, -0.2) is 25.1 Å². The van der Waals surface area contributed by atoms with Gasteiger partial charge in [0.2, 0.25) is 0 Å². The van der Waals surface area contributed by atoms with Gasteiger partial charge in [0.05, 0.1) is 29.8 Å². The van der Waals surface area contributed by atoms with Gasteiger partial charge in [0.15, 0.2) is 5.41 Å². The first-order valence-corrected chi connectivity index (χ1v) is 4.88. The van der Waals surface area contributed by atoms with Crippen molar-refractivity contribution in [1.82, 2.24) is 10.4 Å². The topological polar surface area (TPSA) is 86.6 Å². The molecule has 0 saturated carbocycles. The van der Waals surface area contributed by atoms with Crippen LogP contribution in [0.25, 0.3) is 0 Å². The van der Waals surface area contributed by atoms with Crippen molar-refractivity contribution in [3.05, 3.63) is 11.1 Å². The number of nitrogens with zero attached hydrogens (tertiary/aromatic N) is 4. The van der Waals surface area contributed by atoms with Crippen LogP contribution in [-0.2, 0) is 0 Å². The maximum atomic E-state index is 9.20. The van der Waals surface area contributed by atoms with E-state index in [0.29, 0.717) is 6.42 Å². The first-order valence-electron chi connectivity index (χ1n) is 4.88. The van der Waals surface area contributed by atoms with Crippen molar-refractivity contribution in [2.24, 2.45) is 5.41 Å². The summed E-state index contributed by atoms with van der Waals surface area (Å²) in [6.45, 7) is 1.79. The van der Waals surface area contributed by atoms with E-state index >= 15 is 0 Å². The van der Waals surface area contributed by atoms with E-state index in [9.17, 15) is 10.5 Å². The van der Waals surface area contributed by atoms with Crippen LogP contribution in [0.2, 0.25) is 0 Å². The average Bonchev–Trinajstić information content (AvgIpc) is 2.49. The monoisotopic (exact) mass is 251 g/mol. The molecule has 0 saturated heterocycles. The standard InChI is InChI=1S/C11H13N5.ClH/c1-8-4-10(15-16(2)3)11(6-13,7-14)9(8)5-12;/h10,15H,4H2,1-3H3;1H. The molecule has 0 radical (unpaired) electrons. The Morgan fingerprint density at radius 1 is 1.29 bits per heavy atom. The van der Waals surface area contributed by atoms with Gasteiger partial charge in [0.25, 0.3) is 0 Å². The van der Waals surface area contributed by atoms with Crippen molar-refractivity contribution >= 4 is 12.4 Å². The van der Waals surface area contributed by atoms with Gasteiger partial charge in [-0.2, -0.15) is 15.8 Å². The molecule has 17 heavy (non-hydrogen) atoms. The number of halogens is 1. The fourth-order valence-corrected chi connectivity index (χ4v) is 2.00. The van der Waals surface area contributed by atoms with Gasteiger partial charge in [0, 0.05) is 14.1 Å². The lowest BCUT2D eigenvalue weighted by Gasteiger charge is -2.26. The summed E-state index contributed by atoms with van der Waals surface area (Å²) in [6, 6.07) is 5.60. The molecule has 1 atom stereocenters. The van der Waals surface area contributed by atoms with Crippen molar-refractivity contribution in [3.63, 3.8) is 0 Å². The Labute approximate surface area is 107 Å². The van der Waals surface area contributed by atoms with Crippen LogP contribution in [0, 0.1) is 39.4 Å². The molecule has 0 aromatic carbocycles. The van der Waals surface area contributed by atoms with Gasteiger partial charge < -0.3 is 0 Å². The summed E-state index contributed by atoms with van der Waals surface area (Å²) in [5, 5.41) is 29.1. The minimum absolute atomic E-state index is 0. The quantitative estimate of drug-likeness (QED) is 0.743. The molecule has 0 heterocycles. The van der Waals surface area contributed by atoms with Crippen molar-refractivity contribution in [1.29, 1.82) is 15.8 Å². The molecule has 1 rings (SSSR count). The van der Waals surface area contributed by atoms with Gasteiger partial charge in [0.1, 0.15) is 0 Å². The van der Waals surface area contributed by atoms with Crippen molar-refractivity contribution in [2.75, 3.05) is 14.1 Å². The molecule has 0 fully saturated rings. The molecular formula is C11H14ClN5. The Balaban J connectivity index is 0.00000256. The van der Waals surface area contributed by atoms with Crippen LogP contribution in [0.5, 0.6) is 0 Å². The van der Waals surface area contributed by atoms with E-state index in [4.69, 9.17) is 5.26 Å². The van der Waals surface area contributed by atoms with E-state index in [1.54, 1.807) is 26.0 Å². The van der Waals surface area contributed by atoms with E-state index in [1.807, 2.05) is 18.2 Å². The average molecular weight is 252 g/mol. The maximum Gasteiger partial charge on any atom is 0.195 e. The van der Waals surface area contributed by atoms with E-state index in [1.165, 1.54) is 0 Å². The Morgan fingerprint density at radius 3 is 2.18 bits per heavy atom. The summed E-state index contributed by atoms with van der Waals surface area (Å²) in [4.78, 5) is 0. The van der Waals surface area contributed by atoms with E-state index < -0.39 is 5.41 Å². The molecule has 0 amide bonds. The molecule has 1 aliphatic rings. The van der Waals surface area contributed by atoms with Crippen LogP contribution in [0.3, 0.4) is 0 Å². The predicted octanol–water partition coefficient (Wildman–Crippen LogP) is 1.12. The molecule has 1 aliphatic carbocycles. The van der Waals surface area contributed by atoms with E-state index in [2.05, 4.69) is 5.43 Å². The summed E-state index contributed by atoms with van der Waals surface area (Å²) < 4.78 is 0. The molecule has 0 bridgehead atoms. The van der Waals surface area contributed by atoms with Gasteiger partial charge in [-0.15, -0.1) is 12.4 Å². The maximum absolute atomic E-state index is 9.20. The van der Waals surface area contributed by atoms with Crippen molar-refractivity contribution in [2.45, 2.75) is 19.4 Å². The molecule has 0 aromatic rings. The van der Waals surface area contributed by atoms with Gasteiger partial charge in [-0.1, -0.05) is 5.57 Å². The van der Waals surface area contributed by atoms with E-state index in [-0.39, 0.29) is 24.0 Å². The summed E-state index contributed by atoms with van der Waals surface area (Å²) in [7, 11) is 3.58. The van der Waals surface area contributed by atoms with Crippen molar-refractivity contribution < 1.29 is 0 Å². The number of nitriles is 3. The normalized spacial score (nSPS) is 21.4. The lowest BCUT2D eigenvalue weighted by molar-refractivity contribution is 0.212.